The second-order valence-corrected chi connectivity index (χ2v) is 3.81. The van der Waals surface area contributed by atoms with Gasteiger partial charge >= 0.3 is 5.97 Å². The molecule has 0 fully saturated rings. The molecule has 0 aliphatic carbocycles. The van der Waals surface area contributed by atoms with E-state index in [1.165, 1.54) is 0 Å². The quantitative estimate of drug-likeness (QED) is 0.403. The van der Waals surface area contributed by atoms with Gasteiger partial charge in [0.2, 0.25) is 0 Å². The van der Waals surface area contributed by atoms with E-state index in [9.17, 15) is 15.0 Å². The van der Waals surface area contributed by atoms with Crippen molar-refractivity contribution in [2.45, 2.75) is 25.6 Å². The number of hydrogen-bond acceptors (Lipinski definition) is 5. The van der Waals surface area contributed by atoms with Gasteiger partial charge in [-0.2, -0.15) is 0 Å². The van der Waals surface area contributed by atoms with Crippen molar-refractivity contribution in [3.8, 4) is 0 Å². The molecule has 5 nitrogen and oxygen atoms in total. The Balaban J connectivity index is 2.49. The Morgan fingerprint density at radius 1 is 1.41 bits per heavy atom. The number of rotatable bonds is 5. The van der Waals surface area contributed by atoms with Gasteiger partial charge in [-0.1, -0.05) is 19.1 Å². The highest BCUT2D eigenvalue weighted by Crippen LogP contribution is 2.14. The number of esters is 1. The van der Waals surface area contributed by atoms with Crippen LogP contribution in [-0.4, -0.2) is 28.6 Å². The summed E-state index contributed by atoms with van der Waals surface area (Å²) in [6.45, 7) is 1.57. The molecule has 17 heavy (non-hydrogen) atoms. The molecule has 0 atom stereocenters. The van der Waals surface area contributed by atoms with Crippen molar-refractivity contribution < 1.29 is 19.7 Å². The molecule has 0 aliphatic heterocycles. The minimum Gasteiger partial charge on any atom is -0.462 e. The topological polar surface area (TPSA) is 92.8 Å². The number of benzene rings is 1. The number of carbonyl (C=O) groups excluding carboxylic acids is 1. The number of nitrogen functional groups attached to an aromatic ring is 1. The maximum absolute atomic E-state index is 11.6. The summed E-state index contributed by atoms with van der Waals surface area (Å²) in [4.78, 5) is 11.6. The Labute approximate surface area is 99.8 Å². The van der Waals surface area contributed by atoms with E-state index < -0.39 is 11.8 Å². The van der Waals surface area contributed by atoms with Gasteiger partial charge in [0.15, 0.2) is 5.79 Å². The summed E-state index contributed by atoms with van der Waals surface area (Å²) in [5.41, 5.74) is 6.23. The monoisotopic (exact) mass is 239 g/mol. The summed E-state index contributed by atoms with van der Waals surface area (Å²) in [6, 6.07) is 6.56. The molecule has 0 saturated heterocycles. The SMILES string of the molecule is CCC(O)(O)CCOC(=O)c1ccccc1N. The first-order chi connectivity index (χ1) is 7.96. The summed E-state index contributed by atoms with van der Waals surface area (Å²) in [7, 11) is 0. The molecule has 0 aliphatic rings. The molecule has 0 amide bonds. The van der Waals surface area contributed by atoms with Gasteiger partial charge in [-0.15, -0.1) is 0 Å². The van der Waals surface area contributed by atoms with Crippen LogP contribution in [0.25, 0.3) is 0 Å². The maximum atomic E-state index is 11.6. The van der Waals surface area contributed by atoms with Crippen molar-refractivity contribution in [3.63, 3.8) is 0 Å². The third-order valence-corrected chi connectivity index (χ3v) is 2.48. The molecule has 0 radical (unpaired) electrons. The van der Waals surface area contributed by atoms with Crippen LogP contribution in [0.15, 0.2) is 24.3 Å². The van der Waals surface area contributed by atoms with Crippen molar-refractivity contribution in [1.82, 2.24) is 0 Å². The van der Waals surface area contributed by atoms with Gasteiger partial charge in [0.05, 0.1) is 12.2 Å². The lowest BCUT2D eigenvalue weighted by atomic mass is 10.1. The first kappa shape index (κ1) is 13.5. The molecule has 0 bridgehead atoms. The van der Waals surface area contributed by atoms with Crippen LogP contribution in [0.3, 0.4) is 0 Å². The Bertz CT molecular complexity index is 390. The molecule has 0 aromatic heterocycles. The highest BCUT2D eigenvalue weighted by atomic mass is 16.5. The molecular formula is C12H17NO4. The van der Waals surface area contributed by atoms with E-state index in [2.05, 4.69) is 0 Å². The highest BCUT2D eigenvalue weighted by molar-refractivity contribution is 5.94. The van der Waals surface area contributed by atoms with E-state index in [4.69, 9.17) is 10.5 Å². The second kappa shape index (κ2) is 5.65. The lowest BCUT2D eigenvalue weighted by Crippen LogP contribution is -2.29. The van der Waals surface area contributed by atoms with E-state index in [1.807, 2.05) is 0 Å². The van der Waals surface area contributed by atoms with Gasteiger partial charge in [-0.25, -0.2) is 4.79 Å². The summed E-state index contributed by atoms with van der Waals surface area (Å²) in [5.74, 6) is -2.35. The molecule has 0 saturated carbocycles. The Morgan fingerprint density at radius 3 is 2.65 bits per heavy atom. The summed E-state index contributed by atoms with van der Waals surface area (Å²) < 4.78 is 4.91. The fourth-order valence-corrected chi connectivity index (χ4v) is 1.24. The zero-order chi connectivity index (χ0) is 12.9. The van der Waals surface area contributed by atoms with E-state index in [0.717, 1.165) is 0 Å². The molecule has 4 N–H and O–H groups in total. The van der Waals surface area contributed by atoms with Crippen LogP contribution in [0.5, 0.6) is 0 Å². The standard InChI is InChI=1S/C12H17NO4/c1-2-12(15,16)7-8-17-11(14)9-5-3-4-6-10(9)13/h3-6,15-16H,2,7-8,13H2,1H3. The van der Waals surface area contributed by atoms with Crippen molar-refractivity contribution in [2.24, 2.45) is 0 Å². The number of aliphatic hydroxyl groups is 2. The molecular weight excluding hydrogens is 222 g/mol. The predicted octanol–water partition coefficient (Wildman–Crippen LogP) is 0.907. The van der Waals surface area contributed by atoms with Gasteiger partial charge < -0.3 is 20.7 Å². The average Bonchev–Trinajstić information content (AvgIpc) is 2.29. The second-order valence-electron chi connectivity index (χ2n) is 3.81. The van der Waals surface area contributed by atoms with E-state index in [-0.39, 0.29) is 25.0 Å². The third-order valence-electron chi connectivity index (χ3n) is 2.48. The minimum atomic E-state index is -1.79. The van der Waals surface area contributed by atoms with Gasteiger partial charge in [-0.3, -0.25) is 0 Å². The van der Waals surface area contributed by atoms with E-state index in [1.54, 1.807) is 31.2 Å². The molecule has 1 aromatic rings. The number of carbonyl (C=O) groups is 1. The van der Waals surface area contributed by atoms with Gasteiger partial charge in [0, 0.05) is 12.1 Å². The van der Waals surface area contributed by atoms with Crippen LogP contribution in [0, 0.1) is 0 Å². The fraction of sp³-hybridized carbons (Fsp3) is 0.417. The smallest absolute Gasteiger partial charge is 0.340 e. The van der Waals surface area contributed by atoms with Crippen LogP contribution < -0.4 is 5.73 Å². The molecule has 0 unspecified atom stereocenters. The third kappa shape index (κ3) is 4.05. The number of anilines is 1. The van der Waals surface area contributed by atoms with Crippen molar-refractivity contribution in [3.05, 3.63) is 29.8 Å². The van der Waals surface area contributed by atoms with E-state index in [0.29, 0.717) is 5.69 Å². The summed E-state index contributed by atoms with van der Waals surface area (Å²) in [5, 5.41) is 18.6. The van der Waals surface area contributed by atoms with Crippen LogP contribution >= 0.6 is 0 Å². The predicted molar refractivity (Wildman–Crippen MR) is 63.2 cm³/mol. The van der Waals surface area contributed by atoms with Gasteiger partial charge in [-0.05, 0) is 18.6 Å². The molecule has 1 rings (SSSR count). The van der Waals surface area contributed by atoms with Gasteiger partial charge in [0.1, 0.15) is 0 Å². The maximum Gasteiger partial charge on any atom is 0.340 e. The molecule has 1 aromatic carbocycles. The Morgan fingerprint density at radius 2 is 2.06 bits per heavy atom. The first-order valence-corrected chi connectivity index (χ1v) is 5.42. The normalized spacial score (nSPS) is 11.2. The number of hydrogen-bond donors (Lipinski definition) is 3. The van der Waals surface area contributed by atoms with Crippen LogP contribution in [0.2, 0.25) is 0 Å². The van der Waals surface area contributed by atoms with E-state index >= 15 is 0 Å². The highest BCUT2D eigenvalue weighted by Gasteiger charge is 2.21. The van der Waals surface area contributed by atoms with Crippen molar-refractivity contribution in [1.29, 1.82) is 0 Å². The van der Waals surface area contributed by atoms with Crippen LogP contribution in [-0.2, 0) is 4.74 Å². The fourth-order valence-electron chi connectivity index (χ4n) is 1.24. The summed E-state index contributed by atoms with van der Waals surface area (Å²) in [6.07, 6.45) is 0.153. The largest absolute Gasteiger partial charge is 0.462 e. The van der Waals surface area contributed by atoms with Crippen molar-refractivity contribution >= 4 is 11.7 Å². The average molecular weight is 239 g/mol. The minimum absolute atomic E-state index is 0.0258. The Kier molecular flexibility index (Phi) is 4.48. The summed E-state index contributed by atoms with van der Waals surface area (Å²) >= 11 is 0. The molecule has 0 spiro atoms. The first-order valence-electron chi connectivity index (χ1n) is 5.42. The molecule has 94 valence electrons. The van der Waals surface area contributed by atoms with Gasteiger partial charge in [0.25, 0.3) is 0 Å². The number of nitrogens with two attached hydrogens (primary N) is 1. The lowest BCUT2D eigenvalue weighted by Gasteiger charge is -2.19. The molecule has 5 heteroatoms. The zero-order valence-corrected chi connectivity index (χ0v) is 9.72. The molecule has 0 heterocycles. The lowest BCUT2D eigenvalue weighted by molar-refractivity contribution is -0.172. The van der Waals surface area contributed by atoms with Crippen molar-refractivity contribution in [2.75, 3.05) is 12.3 Å². The number of para-hydroxylation sites is 1. The zero-order valence-electron chi connectivity index (χ0n) is 9.72. The van der Waals surface area contributed by atoms with Crippen LogP contribution in [0.1, 0.15) is 30.1 Å². The van der Waals surface area contributed by atoms with Crippen LogP contribution in [0.4, 0.5) is 5.69 Å². The Hall–Kier alpha value is -1.59. The number of ether oxygens (including phenoxy) is 1.